The molecule has 0 heterocycles. The summed E-state index contributed by atoms with van der Waals surface area (Å²) in [5.74, 6) is 1.15. The van der Waals surface area contributed by atoms with Crippen molar-refractivity contribution in [1.29, 1.82) is 0 Å². The van der Waals surface area contributed by atoms with Crippen LogP contribution in [0.25, 0.3) is 0 Å². The van der Waals surface area contributed by atoms with E-state index in [0.29, 0.717) is 11.5 Å². The highest BCUT2D eigenvalue weighted by Gasteiger charge is 2.26. The molecular weight excluding hydrogens is 312 g/mol. The summed E-state index contributed by atoms with van der Waals surface area (Å²) in [6.45, 7) is -0.0543. The molecule has 2 rings (SSSR count). The Labute approximate surface area is 121 Å². The van der Waals surface area contributed by atoms with Gasteiger partial charge in [0, 0.05) is 0 Å². The maximum absolute atomic E-state index is 9.96. The van der Waals surface area contributed by atoms with Crippen molar-refractivity contribution in [2.24, 2.45) is 0 Å². The highest BCUT2D eigenvalue weighted by Crippen LogP contribution is 2.38. The van der Waals surface area contributed by atoms with E-state index in [1.807, 2.05) is 0 Å². The minimum atomic E-state index is -0.428. The van der Waals surface area contributed by atoms with Gasteiger partial charge in [-0.1, -0.05) is 6.42 Å². The lowest BCUT2D eigenvalue weighted by Gasteiger charge is -2.29. The molecule has 4 nitrogen and oxygen atoms in total. The number of rotatable bonds is 4. The molecule has 0 amide bonds. The molecule has 1 fully saturated rings. The number of ether oxygens (including phenoxy) is 2. The Morgan fingerprint density at radius 3 is 2.68 bits per heavy atom. The summed E-state index contributed by atoms with van der Waals surface area (Å²) >= 11 is 3.43. The second-order valence-corrected chi connectivity index (χ2v) is 5.63. The Hall–Kier alpha value is -0.780. The van der Waals surface area contributed by atoms with Crippen molar-refractivity contribution in [2.75, 3.05) is 7.11 Å². The van der Waals surface area contributed by atoms with Crippen LogP contribution < -0.4 is 9.47 Å². The van der Waals surface area contributed by atoms with Crippen molar-refractivity contribution in [3.8, 4) is 11.5 Å². The van der Waals surface area contributed by atoms with Crippen molar-refractivity contribution in [3.63, 3.8) is 0 Å². The lowest BCUT2D eigenvalue weighted by Crippen LogP contribution is -2.34. The first kappa shape index (κ1) is 14.6. The van der Waals surface area contributed by atoms with Gasteiger partial charge in [-0.3, -0.25) is 0 Å². The van der Waals surface area contributed by atoms with Crippen LogP contribution in [0.5, 0.6) is 11.5 Å². The van der Waals surface area contributed by atoms with Crippen LogP contribution in [0.15, 0.2) is 16.6 Å². The molecule has 0 saturated heterocycles. The number of methoxy groups -OCH3 is 1. The normalized spacial score (nSPS) is 23.2. The third kappa shape index (κ3) is 3.41. The first-order valence-corrected chi connectivity index (χ1v) is 7.27. The lowest BCUT2D eigenvalue weighted by atomic mass is 9.95. The molecule has 1 saturated carbocycles. The SMILES string of the molecule is COc1cc(CO)cc(Br)c1OC1CCCCC1O. The van der Waals surface area contributed by atoms with Crippen molar-refractivity contribution < 1.29 is 19.7 Å². The average molecular weight is 331 g/mol. The zero-order valence-electron chi connectivity index (χ0n) is 10.9. The van der Waals surface area contributed by atoms with Crippen molar-refractivity contribution in [1.82, 2.24) is 0 Å². The molecule has 1 aromatic rings. The molecule has 1 aliphatic carbocycles. The van der Waals surface area contributed by atoms with Gasteiger partial charge in [0.25, 0.3) is 0 Å². The van der Waals surface area contributed by atoms with Crippen molar-refractivity contribution in [2.45, 2.75) is 44.5 Å². The lowest BCUT2D eigenvalue weighted by molar-refractivity contribution is 0.00525. The summed E-state index contributed by atoms with van der Waals surface area (Å²) in [4.78, 5) is 0. The maximum Gasteiger partial charge on any atom is 0.175 e. The van der Waals surface area contributed by atoms with E-state index in [0.717, 1.165) is 35.7 Å². The second-order valence-electron chi connectivity index (χ2n) is 4.78. The van der Waals surface area contributed by atoms with E-state index in [4.69, 9.17) is 9.47 Å². The fraction of sp³-hybridized carbons (Fsp3) is 0.571. The molecule has 106 valence electrons. The largest absolute Gasteiger partial charge is 0.493 e. The zero-order chi connectivity index (χ0) is 13.8. The molecule has 0 aromatic heterocycles. The second kappa shape index (κ2) is 6.59. The van der Waals surface area contributed by atoms with Gasteiger partial charge >= 0.3 is 0 Å². The number of hydrogen-bond acceptors (Lipinski definition) is 4. The molecule has 1 aliphatic rings. The quantitative estimate of drug-likeness (QED) is 0.891. The smallest absolute Gasteiger partial charge is 0.175 e. The number of aliphatic hydroxyl groups excluding tert-OH is 2. The minimum absolute atomic E-state index is 0.0543. The van der Waals surface area contributed by atoms with E-state index in [9.17, 15) is 10.2 Å². The summed E-state index contributed by atoms with van der Waals surface area (Å²) < 4.78 is 11.9. The van der Waals surface area contributed by atoms with E-state index in [1.165, 1.54) is 0 Å². The Bertz CT molecular complexity index is 436. The first-order valence-electron chi connectivity index (χ1n) is 6.47. The van der Waals surface area contributed by atoms with Gasteiger partial charge in [0.2, 0.25) is 0 Å². The van der Waals surface area contributed by atoms with Crippen LogP contribution >= 0.6 is 15.9 Å². The highest BCUT2D eigenvalue weighted by molar-refractivity contribution is 9.10. The van der Waals surface area contributed by atoms with Crippen LogP contribution in [0.1, 0.15) is 31.2 Å². The molecule has 0 bridgehead atoms. The van der Waals surface area contributed by atoms with Crippen LogP contribution in [0.2, 0.25) is 0 Å². The molecule has 0 radical (unpaired) electrons. The van der Waals surface area contributed by atoms with Gasteiger partial charge < -0.3 is 19.7 Å². The predicted molar refractivity (Wildman–Crippen MR) is 75.5 cm³/mol. The summed E-state index contributed by atoms with van der Waals surface area (Å²) in [5, 5.41) is 19.1. The van der Waals surface area contributed by atoms with Gasteiger partial charge in [-0.15, -0.1) is 0 Å². The first-order chi connectivity index (χ1) is 9.15. The van der Waals surface area contributed by atoms with E-state index < -0.39 is 6.10 Å². The van der Waals surface area contributed by atoms with E-state index in [1.54, 1.807) is 19.2 Å². The summed E-state index contributed by atoms with van der Waals surface area (Å²) in [7, 11) is 1.56. The van der Waals surface area contributed by atoms with Crippen LogP contribution in [-0.2, 0) is 6.61 Å². The molecule has 5 heteroatoms. The average Bonchev–Trinajstić information content (AvgIpc) is 2.42. The predicted octanol–water partition coefficient (Wildman–Crippen LogP) is 2.63. The highest BCUT2D eigenvalue weighted by atomic mass is 79.9. The van der Waals surface area contributed by atoms with Crippen molar-refractivity contribution >= 4 is 15.9 Å². The van der Waals surface area contributed by atoms with E-state index in [2.05, 4.69) is 15.9 Å². The molecular formula is C14H19BrO4. The number of aliphatic hydroxyl groups is 2. The van der Waals surface area contributed by atoms with Gasteiger partial charge in [-0.25, -0.2) is 0 Å². The van der Waals surface area contributed by atoms with E-state index in [-0.39, 0.29) is 12.7 Å². The molecule has 0 spiro atoms. The molecule has 2 atom stereocenters. The Morgan fingerprint density at radius 2 is 2.05 bits per heavy atom. The van der Waals surface area contributed by atoms with Gasteiger partial charge in [-0.2, -0.15) is 0 Å². The maximum atomic E-state index is 9.96. The number of benzene rings is 1. The molecule has 1 aromatic carbocycles. The summed E-state index contributed by atoms with van der Waals surface area (Å²) in [5.41, 5.74) is 0.750. The summed E-state index contributed by atoms with van der Waals surface area (Å²) in [6.07, 6.45) is 3.11. The Kier molecular flexibility index (Phi) is 5.07. The monoisotopic (exact) mass is 330 g/mol. The minimum Gasteiger partial charge on any atom is -0.493 e. The molecule has 19 heavy (non-hydrogen) atoms. The number of halogens is 1. The Balaban J connectivity index is 2.23. The van der Waals surface area contributed by atoms with Crippen LogP contribution in [-0.4, -0.2) is 29.5 Å². The summed E-state index contributed by atoms with van der Waals surface area (Å²) in [6, 6.07) is 3.54. The molecule has 2 unspecified atom stereocenters. The van der Waals surface area contributed by atoms with Gasteiger partial charge in [-0.05, 0) is 52.9 Å². The van der Waals surface area contributed by atoms with Crippen LogP contribution in [0, 0.1) is 0 Å². The van der Waals surface area contributed by atoms with Crippen molar-refractivity contribution in [3.05, 3.63) is 22.2 Å². The fourth-order valence-corrected chi connectivity index (χ4v) is 2.93. The van der Waals surface area contributed by atoms with Gasteiger partial charge in [0.15, 0.2) is 11.5 Å². The fourth-order valence-electron chi connectivity index (χ4n) is 2.35. The van der Waals surface area contributed by atoms with E-state index >= 15 is 0 Å². The topological polar surface area (TPSA) is 58.9 Å². The van der Waals surface area contributed by atoms with Gasteiger partial charge in [0.1, 0.15) is 6.10 Å². The molecule has 0 aliphatic heterocycles. The van der Waals surface area contributed by atoms with Crippen LogP contribution in [0.4, 0.5) is 0 Å². The standard InChI is InChI=1S/C14H19BrO4/c1-18-13-7-9(8-16)6-10(15)14(13)19-12-5-3-2-4-11(12)17/h6-7,11-12,16-17H,2-5,8H2,1H3. The third-order valence-electron chi connectivity index (χ3n) is 3.41. The molecule has 2 N–H and O–H groups in total. The van der Waals surface area contributed by atoms with Crippen LogP contribution in [0.3, 0.4) is 0 Å². The third-order valence-corrected chi connectivity index (χ3v) is 4.00. The zero-order valence-corrected chi connectivity index (χ0v) is 12.5. The number of hydrogen-bond donors (Lipinski definition) is 2. The van der Waals surface area contributed by atoms with Gasteiger partial charge in [0.05, 0.1) is 24.3 Å². The Morgan fingerprint density at radius 1 is 1.32 bits per heavy atom.